The highest BCUT2D eigenvalue weighted by molar-refractivity contribution is 7.92. The molecule has 0 spiro atoms. The van der Waals surface area contributed by atoms with Crippen LogP contribution in [0.3, 0.4) is 0 Å². The van der Waals surface area contributed by atoms with Crippen molar-refractivity contribution in [1.82, 2.24) is 5.32 Å². The molecule has 0 aliphatic rings. The molecule has 0 aliphatic heterocycles. The Balaban J connectivity index is 2.09. The molecule has 0 aromatic heterocycles. The molecule has 0 radical (unpaired) electrons. The van der Waals surface area contributed by atoms with Crippen molar-refractivity contribution in [2.24, 2.45) is 0 Å². The molecule has 2 atom stereocenters. The van der Waals surface area contributed by atoms with Crippen LogP contribution in [0.4, 0.5) is 14.5 Å². The molecule has 0 bridgehead atoms. The van der Waals surface area contributed by atoms with Crippen molar-refractivity contribution >= 4 is 21.6 Å². The third-order valence-corrected chi connectivity index (χ3v) is 5.59. The molecule has 2 aromatic carbocycles. The third-order valence-electron chi connectivity index (χ3n) is 4.34. The normalized spacial score (nSPS) is 13.6. The van der Waals surface area contributed by atoms with E-state index in [1.807, 2.05) is 37.3 Å². The summed E-state index contributed by atoms with van der Waals surface area (Å²) in [7, 11) is -3.90. The number of hydrogen-bond acceptors (Lipinski definition) is 3. The SMILES string of the molecule is C[C@H](C(=O)N[C@@H](C)CCc1ccccc1)N(c1ccc(F)c(F)c1)S(C)(=O)=O. The number of amides is 1. The average Bonchev–Trinajstić information content (AvgIpc) is 2.62. The number of carbonyl (C=O) groups is 1. The zero-order valence-electron chi connectivity index (χ0n) is 16.0. The summed E-state index contributed by atoms with van der Waals surface area (Å²) in [6.07, 6.45) is 2.35. The number of benzene rings is 2. The van der Waals surface area contributed by atoms with Crippen molar-refractivity contribution in [3.8, 4) is 0 Å². The summed E-state index contributed by atoms with van der Waals surface area (Å²) < 4.78 is 51.9. The van der Waals surface area contributed by atoms with E-state index in [1.165, 1.54) is 6.92 Å². The predicted molar refractivity (Wildman–Crippen MR) is 106 cm³/mol. The second-order valence-electron chi connectivity index (χ2n) is 6.77. The molecule has 152 valence electrons. The van der Waals surface area contributed by atoms with Gasteiger partial charge >= 0.3 is 0 Å². The number of nitrogens with one attached hydrogen (secondary N) is 1. The second kappa shape index (κ2) is 9.14. The largest absolute Gasteiger partial charge is 0.352 e. The van der Waals surface area contributed by atoms with E-state index in [0.29, 0.717) is 6.42 Å². The number of halogens is 2. The second-order valence-corrected chi connectivity index (χ2v) is 8.63. The number of rotatable bonds is 8. The van der Waals surface area contributed by atoms with Gasteiger partial charge in [-0.15, -0.1) is 0 Å². The topological polar surface area (TPSA) is 66.5 Å². The minimum atomic E-state index is -3.90. The van der Waals surface area contributed by atoms with Gasteiger partial charge in [-0.2, -0.15) is 0 Å². The van der Waals surface area contributed by atoms with Crippen LogP contribution in [0.15, 0.2) is 48.5 Å². The first-order valence-electron chi connectivity index (χ1n) is 8.88. The maximum Gasteiger partial charge on any atom is 0.243 e. The smallest absolute Gasteiger partial charge is 0.243 e. The Hall–Kier alpha value is -2.48. The van der Waals surface area contributed by atoms with Crippen molar-refractivity contribution < 1.29 is 22.0 Å². The lowest BCUT2D eigenvalue weighted by Crippen LogP contribution is -2.50. The number of aryl methyl sites for hydroxylation is 1. The van der Waals surface area contributed by atoms with Gasteiger partial charge in [0.05, 0.1) is 11.9 Å². The van der Waals surface area contributed by atoms with Crippen molar-refractivity contribution in [1.29, 1.82) is 0 Å². The van der Waals surface area contributed by atoms with Crippen molar-refractivity contribution in [2.45, 2.75) is 38.8 Å². The summed E-state index contributed by atoms with van der Waals surface area (Å²) in [5, 5.41) is 2.79. The van der Waals surface area contributed by atoms with Crippen LogP contribution < -0.4 is 9.62 Å². The number of hydrogen-bond donors (Lipinski definition) is 1. The molecule has 0 heterocycles. The number of anilines is 1. The number of carbonyl (C=O) groups excluding carboxylic acids is 1. The lowest BCUT2D eigenvalue weighted by atomic mass is 10.1. The summed E-state index contributed by atoms with van der Waals surface area (Å²) in [4.78, 5) is 12.6. The molecule has 28 heavy (non-hydrogen) atoms. The van der Waals surface area contributed by atoms with Gasteiger partial charge in [0.15, 0.2) is 11.6 Å². The van der Waals surface area contributed by atoms with Crippen LogP contribution in [0.1, 0.15) is 25.8 Å². The highest BCUT2D eigenvalue weighted by atomic mass is 32.2. The van der Waals surface area contributed by atoms with Crippen LogP contribution in [0.5, 0.6) is 0 Å². The fourth-order valence-electron chi connectivity index (χ4n) is 2.89. The molecular weight excluding hydrogens is 386 g/mol. The van der Waals surface area contributed by atoms with Crippen molar-refractivity contribution in [3.05, 3.63) is 65.7 Å². The average molecular weight is 410 g/mol. The highest BCUT2D eigenvalue weighted by Crippen LogP contribution is 2.23. The Morgan fingerprint density at radius 3 is 2.29 bits per heavy atom. The molecule has 0 saturated heterocycles. The Morgan fingerprint density at radius 1 is 1.07 bits per heavy atom. The molecule has 0 fully saturated rings. The fraction of sp³-hybridized carbons (Fsp3) is 0.350. The Kier molecular flexibility index (Phi) is 7.12. The van der Waals surface area contributed by atoms with E-state index >= 15 is 0 Å². The van der Waals surface area contributed by atoms with Crippen molar-refractivity contribution in [3.63, 3.8) is 0 Å². The summed E-state index contributed by atoms with van der Waals surface area (Å²) in [6, 6.07) is 11.2. The maximum atomic E-state index is 13.6. The summed E-state index contributed by atoms with van der Waals surface area (Å²) in [6.45, 7) is 3.23. The van der Waals surface area contributed by atoms with Gasteiger partial charge in [-0.1, -0.05) is 30.3 Å². The van der Waals surface area contributed by atoms with E-state index in [4.69, 9.17) is 0 Å². The van der Waals surface area contributed by atoms with E-state index in [9.17, 15) is 22.0 Å². The molecule has 1 N–H and O–H groups in total. The predicted octanol–water partition coefficient (Wildman–Crippen LogP) is 3.26. The summed E-state index contributed by atoms with van der Waals surface area (Å²) in [5.74, 6) is -2.80. The quantitative estimate of drug-likeness (QED) is 0.727. The Labute approximate surface area is 164 Å². The van der Waals surface area contributed by atoms with Gasteiger partial charge in [0, 0.05) is 12.1 Å². The first-order valence-corrected chi connectivity index (χ1v) is 10.7. The maximum absolute atomic E-state index is 13.6. The summed E-state index contributed by atoms with van der Waals surface area (Å²) in [5.41, 5.74) is 1.03. The van der Waals surface area contributed by atoms with Crippen molar-refractivity contribution in [2.75, 3.05) is 10.6 Å². The van der Waals surface area contributed by atoms with Crippen LogP contribution in [0.2, 0.25) is 0 Å². The molecule has 2 rings (SSSR count). The number of nitrogens with zero attached hydrogens (tertiary/aromatic N) is 1. The van der Waals surface area contributed by atoms with Gasteiger partial charge in [0.1, 0.15) is 6.04 Å². The molecule has 0 aliphatic carbocycles. The number of sulfonamides is 1. The Bertz CT molecular complexity index is 920. The van der Waals surface area contributed by atoms with Crippen LogP contribution in [0.25, 0.3) is 0 Å². The van der Waals surface area contributed by atoms with E-state index < -0.39 is 33.6 Å². The summed E-state index contributed by atoms with van der Waals surface area (Å²) >= 11 is 0. The third kappa shape index (κ3) is 5.76. The molecule has 1 amide bonds. The zero-order chi connectivity index (χ0) is 20.9. The van der Waals surface area contributed by atoms with Gasteiger partial charge in [-0.05, 0) is 44.4 Å². The molecule has 8 heteroatoms. The van der Waals surface area contributed by atoms with E-state index in [0.717, 1.165) is 40.7 Å². The monoisotopic (exact) mass is 410 g/mol. The van der Waals surface area contributed by atoms with Gasteiger partial charge in [-0.25, -0.2) is 17.2 Å². The molecule has 0 unspecified atom stereocenters. The molecular formula is C20H24F2N2O3S. The van der Waals surface area contributed by atoms with Gasteiger partial charge < -0.3 is 5.32 Å². The van der Waals surface area contributed by atoms with Gasteiger partial charge in [0.2, 0.25) is 15.9 Å². The molecule has 0 saturated carbocycles. The van der Waals surface area contributed by atoms with Crippen LogP contribution in [-0.2, 0) is 21.2 Å². The first kappa shape index (κ1) is 21.8. The van der Waals surface area contributed by atoms with Crippen LogP contribution >= 0.6 is 0 Å². The standard InChI is InChI=1S/C20H24F2N2O3S/c1-14(9-10-16-7-5-4-6-8-16)23-20(25)15(2)24(28(3,26)27)17-11-12-18(21)19(22)13-17/h4-8,11-15H,9-10H2,1-3H3,(H,23,25)/t14-,15+/m0/s1. The van der Waals surface area contributed by atoms with E-state index in [-0.39, 0.29) is 11.7 Å². The minimum Gasteiger partial charge on any atom is -0.352 e. The fourth-order valence-corrected chi connectivity index (χ4v) is 4.06. The molecule has 5 nitrogen and oxygen atoms in total. The van der Waals surface area contributed by atoms with Gasteiger partial charge in [0.25, 0.3) is 0 Å². The minimum absolute atomic E-state index is 0.110. The highest BCUT2D eigenvalue weighted by Gasteiger charge is 2.30. The first-order chi connectivity index (χ1) is 13.1. The lowest BCUT2D eigenvalue weighted by molar-refractivity contribution is -0.122. The van der Waals surface area contributed by atoms with Crippen LogP contribution in [-0.4, -0.2) is 32.7 Å². The van der Waals surface area contributed by atoms with E-state index in [2.05, 4.69) is 5.32 Å². The van der Waals surface area contributed by atoms with E-state index in [1.54, 1.807) is 0 Å². The van der Waals surface area contributed by atoms with Crippen LogP contribution in [0, 0.1) is 11.6 Å². The lowest BCUT2D eigenvalue weighted by Gasteiger charge is -2.29. The van der Waals surface area contributed by atoms with Gasteiger partial charge in [-0.3, -0.25) is 9.10 Å². The zero-order valence-corrected chi connectivity index (χ0v) is 16.8. The molecule has 2 aromatic rings. The Morgan fingerprint density at radius 2 is 1.71 bits per heavy atom.